The fraction of sp³-hybridized carbons (Fsp3) is 0.263. The van der Waals surface area contributed by atoms with E-state index in [4.69, 9.17) is 4.98 Å². The Morgan fingerprint density at radius 2 is 2.08 bits per heavy atom. The highest BCUT2D eigenvalue weighted by atomic mass is 79.9. The van der Waals surface area contributed by atoms with E-state index in [1.807, 2.05) is 41.3 Å². The average molecular weight is 401 g/mol. The Labute approximate surface area is 153 Å². The molecular weight excluding hydrogens is 384 g/mol. The van der Waals surface area contributed by atoms with Gasteiger partial charge >= 0.3 is 0 Å². The summed E-state index contributed by atoms with van der Waals surface area (Å²) in [5.41, 5.74) is 1.81. The highest BCUT2D eigenvalue weighted by Crippen LogP contribution is 2.33. The number of likely N-dealkylation sites (tertiary alicyclic amines) is 1. The molecular formula is C19H17BrN2OS. The van der Waals surface area contributed by atoms with Gasteiger partial charge in [-0.3, -0.25) is 4.79 Å². The molecule has 1 atom stereocenters. The lowest BCUT2D eigenvalue weighted by molar-refractivity contribution is 0.0707. The zero-order valence-electron chi connectivity index (χ0n) is 13.1. The summed E-state index contributed by atoms with van der Waals surface area (Å²) in [7, 11) is 0. The summed E-state index contributed by atoms with van der Waals surface area (Å²) in [5.74, 6) is 0.453. The van der Waals surface area contributed by atoms with Gasteiger partial charge in [0, 0.05) is 29.0 Å². The molecule has 2 aromatic carbocycles. The summed E-state index contributed by atoms with van der Waals surface area (Å²) in [5, 5.41) is 1.16. The number of amides is 1. The van der Waals surface area contributed by atoms with Crippen LogP contribution in [-0.2, 0) is 0 Å². The zero-order valence-corrected chi connectivity index (χ0v) is 15.5. The molecule has 0 spiro atoms. The minimum Gasteiger partial charge on any atom is -0.338 e. The van der Waals surface area contributed by atoms with Gasteiger partial charge in [-0.25, -0.2) is 4.98 Å². The molecule has 0 aliphatic carbocycles. The predicted octanol–water partition coefficient (Wildman–Crippen LogP) is 5.08. The summed E-state index contributed by atoms with van der Waals surface area (Å²) in [4.78, 5) is 19.6. The van der Waals surface area contributed by atoms with Crippen molar-refractivity contribution in [3.05, 3.63) is 63.6 Å². The summed E-state index contributed by atoms with van der Waals surface area (Å²) in [6, 6.07) is 15.9. The van der Waals surface area contributed by atoms with E-state index in [0.717, 1.165) is 46.5 Å². The second-order valence-corrected chi connectivity index (χ2v) is 8.10. The van der Waals surface area contributed by atoms with Crippen LogP contribution < -0.4 is 0 Å². The number of para-hydroxylation sites is 1. The lowest BCUT2D eigenvalue weighted by Gasteiger charge is -2.32. The highest BCUT2D eigenvalue weighted by Gasteiger charge is 2.27. The number of nitrogens with zero attached hydrogens (tertiary/aromatic N) is 2. The first-order chi connectivity index (χ1) is 11.7. The average Bonchev–Trinajstić information content (AvgIpc) is 3.05. The molecule has 2 heterocycles. The molecule has 1 aliphatic rings. The van der Waals surface area contributed by atoms with E-state index in [-0.39, 0.29) is 5.91 Å². The number of fused-ring (bicyclic) bond motifs is 1. The van der Waals surface area contributed by atoms with Crippen molar-refractivity contribution in [3.63, 3.8) is 0 Å². The zero-order chi connectivity index (χ0) is 16.5. The Hall–Kier alpha value is -1.72. The summed E-state index contributed by atoms with van der Waals surface area (Å²) in [6.07, 6.45) is 2.13. The van der Waals surface area contributed by atoms with Crippen molar-refractivity contribution in [3.8, 4) is 0 Å². The predicted molar refractivity (Wildman–Crippen MR) is 102 cm³/mol. The van der Waals surface area contributed by atoms with E-state index in [2.05, 4.69) is 28.1 Å². The number of thiazole rings is 1. The number of hydrogen-bond acceptors (Lipinski definition) is 3. The first-order valence-electron chi connectivity index (χ1n) is 8.11. The number of hydrogen-bond donors (Lipinski definition) is 0. The second-order valence-electron chi connectivity index (χ2n) is 6.12. The molecule has 0 N–H and O–H groups in total. The largest absolute Gasteiger partial charge is 0.338 e. The molecule has 3 aromatic rings. The standard InChI is InChI=1S/C19H17BrN2OS/c20-15-7-3-5-13(11-15)19(23)22-10-4-6-14(12-22)18-21-16-8-1-2-9-17(16)24-18/h1-3,5,7-9,11,14H,4,6,10,12H2/t14-/m1/s1. The van der Waals surface area contributed by atoms with E-state index >= 15 is 0 Å². The molecule has 0 saturated carbocycles. The fourth-order valence-corrected chi connectivity index (χ4v) is 4.72. The van der Waals surface area contributed by atoms with Crippen LogP contribution in [0.15, 0.2) is 53.0 Å². The van der Waals surface area contributed by atoms with E-state index < -0.39 is 0 Å². The van der Waals surface area contributed by atoms with Gasteiger partial charge in [-0.1, -0.05) is 34.1 Å². The van der Waals surface area contributed by atoms with Crippen LogP contribution in [0.2, 0.25) is 0 Å². The normalized spacial score (nSPS) is 18.0. The molecule has 1 aromatic heterocycles. The van der Waals surface area contributed by atoms with Crippen molar-refractivity contribution >= 4 is 43.4 Å². The smallest absolute Gasteiger partial charge is 0.253 e. The van der Waals surface area contributed by atoms with E-state index in [9.17, 15) is 4.79 Å². The molecule has 0 radical (unpaired) electrons. The molecule has 24 heavy (non-hydrogen) atoms. The minimum absolute atomic E-state index is 0.113. The van der Waals surface area contributed by atoms with Crippen LogP contribution in [0.5, 0.6) is 0 Å². The Kier molecular flexibility index (Phi) is 4.37. The van der Waals surface area contributed by atoms with Crippen molar-refractivity contribution in [2.75, 3.05) is 13.1 Å². The van der Waals surface area contributed by atoms with Gasteiger partial charge in [0.2, 0.25) is 0 Å². The van der Waals surface area contributed by atoms with Crippen LogP contribution >= 0.6 is 27.3 Å². The molecule has 1 aliphatic heterocycles. The number of benzene rings is 2. The van der Waals surface area contributed by atoms with Gasteiger partial charge in [0.25, 0.3) is 5.91 Å². The SMILES string of the molecule is O=C(c1cccc(Br)c1)N1CCC[C@@H](c2nc3ccccc3s2)C1. The Balaban J connectivity index is 1.56. The number of carbonyl (C=O) groups excluding carboxylic acids is 1. The fourth-order valence-electron chi connectivity index (χ4n) is 3.23. The van der Waals surface area contributed by atoms with Gasteiger partial charge in [0.05, 0.1) is 15.2 Å². The molecule has 122 valence electrons. The van der Waals surface area contributed by atoms with Crippen LogP contribution in [0.4, 0.5) is 0 Å². The summed E-state index contributed by atoms with van der Waals surface area (Å²) < 4.78 is 2.16. The Bertz CT molecular complexity index is 859. The molecule has 5 heteroatoms. The van der Waals surface area contributed by atoms with Crippen LogP contribution in [0, 0.1) is 0 Å². The number of carbonyl (C=O) groups is 1. The van der Waals surface area contributed by atoms with Crippen LogP contribution in [0.25, 0.3) is 10.2 Å². The van der Waals surface area contributed by atoms with Crippen molar-refractivity contribution < 1.29 is 4.79 Å². The van der Waals surface area contributed by atoms with Gasteiger partial charge in [-0.2, -0.15) is 0 Å². The Morgan fingerprint density at radius 1 is 1.21 bits per heavy atom. The first-order valence-corrected chi connectivity index (χ1v) is 9.72. The number of aromatic nitrogens is 1. The van der Waals surface area contributed by atoms with Crippen molar-refractivity contribution in [2.45, 2.75) is 18.8 Å². The number of rotatable bonds is 2. The maximum Gasteiger partial charge on any atom is 0.253 e. The third-order valence-corrected chi connectivity index (χ3v) is 6.13. The van der Waals surface area contributed by atoms with Crippen LogP contribution in [0.1, 0.15) is 34.1 Å². The second kappa shape index (κ2) is 6.65. The third-order valence-electron chi connectivity index (χ3n) is 4.44. The van der Waals surface area contributed by atoms with Crippen molar-refractivity contribution in [1.29, 1.82) is 0 Å². The molecule has 1 fully saturated rings. The molecule has 1 saturated heterocycles. The number of halogens is 1. The summed E-state index contributed by atoms with van der Waals surface area (Å²) >= 11 is 5.20. The lowest BCUT2D eigenvalue weighted by atomic mass is 9.98. The first kappa shape index (κ1) is 15.8. The summed E-state index contributed by atoms with van der Waals surface area (Å²) in [6.45, 7) is 1.58. The van der Waals surface area contributed by atoms with E-state index in [1.165, 1.54) is 4.70 Å². The van der Waals surface area contributed by atoms with Crippen LogP contribution in [0.3, 0.4) is 0 Å². The monoisotopic (exact) mass is 400 g/mol. The maximum absolute atomic E-state index is 12.8. The maximum atomic E-state index is 12.8. The van der Waals surface area contributed by atoms with Crippen molar-refractivity contribution in [1.82, 2.24) is 9.88 Å². The van der Waals surface area contributed by atoms with E-state index in [0.29, 0.717) is 5.92 Å². The van der Waals surface area contributed by atoms with E-state index in [1.54, 1.807) is 11.3 Å². The minimum atomic E-state index is 0.113. The third kappa shape index (κ3) is 3.10. The van der Waals surface area contributed by atoms with Gasteiger partial charge in [-0.15, -0.1) is 11.3 Å². The molecule has 0 bridgehead atoms. The molecule has 0 unspecified atom stereocenters. The van der Waals surface area contributed by atoms with Gasteiger partial charge in [0.15, 0.2) is 0 Å². The van der Waals surface area contributed by atoms with Gasteiger partial charge in [-0.05, 0) is 43.2 Å². The quantitative estimate of drug-likeness (QED) is 0.600. The van der Waals surface area contributed by atoms with Crippen LogP contribution in [-0.4, -0.2) is 28.9 Å². The molecule has 3 nitrogen and oxygen atoms in total. The highest BCUT2D eigenvalue weighted by molar-refractivity contribution is 9.10. The lowest BCUT2D eigenvalue weighted by Crippen LogP contribution is -2.39. The number of piperidine rings is 1. The van der Waals surface area contributed by atoms with Gasteiger partial charge in [0.1, 0.15) is 0 Å². The topological polar surface area (TPSA) is 33.2 Å². The molecule has 1 amide bonds. The Morgan fingerprint density at radius 3 is 2.92 bits per heavy atom. The molecule has 4 rings (SSSR count). The van der Waals surface area contributed by atoms with Crippen molar-refractivity contribution in [2.24, 2.45) is 0 Å². The van der Waals surface area contributed by atoms with Gasteiger partial charge < -0.3 is 4.90 Å².